The Morgan fingerprint density at radius 2 is 1.88 bits per heavy atom. The van der Waals surface area contributed by atoms with Gasteiger partial charge in [0.15, 0.2) is 0 Å². The minimum Gasteiger partial charge on any atom is -0.311 e. The summed E-state index contributed by atoms with van der Waals surface area (Å²) in [5.74, 6) is 0. The molecular weight excluding hydrogens is 196 g/mol. The van der Waals surface area contributed by atoms with Gasteiger partial charge in [0.05, 0.1) is 0 Å². The van der Waals surface area contributed by atoms with E-state index in [0.717, 1.165) is 12.1 Å². The second kappa shape index (κ2) is 5.05. The lowest BCUT2D eigenvalue weighted by molar-refractivity contribution is 0.0209. The Kier molecular flexibility index (Phi) is 3.91. The zero-order valence-electron chi connectivity index (χ0n) is 11.3. The molecule has 0 radical (unpaired) electrons. The van der Waals surface area contributed by atoms with Crippen molar-refractivity contribution in [2.45, 2.75) is 76.9 Å². The number of nitrogens with one attached hydrogen (secondary N) is 1. The van der Waals surface area contributed by atoms with Crippen molar-refractivity contribution in [1.82, 2.24) is 10.2 Å². The van der Waals surface area contributed by atoms with E-state index >= 15 is 0 Å². The van der Waals surface area contributed by atoms with Gasteiger partial charge in [0.25, 0.3) is 0 Å². The third kappa shape index (κ3) is 2.28. The molecule has 0 aromatic heterocycles. The summed E-state index contributed by atoms with van der Waals surface area (Å²) in [4.78, 5) is 2.84. The van der Waals surface area contributed by atoms with Crippen LogP contribution in [0.1, 0.15) is 59.3 Å². The van der Waals surface area contributed by atoms with Gasteiger partial charge in [-0.25, -0.2) is 0 Å². The normalized spacial score (nSPS) is 35.4. The van der Waals surface area contributed by atoms with Crippen LogP contribution >= 0.6 is 0 Å². The predicted octanol–water partition coefficient (Wildman–Crippen LogP) is 2.78. The summed E-state index contributed by atoms with van der Waals surface area (Å²) in [5.41, 5.74) is 0.510. The standard InChI is InChI=1S/C14H28N2/c1-4-12-11-16(13(5-2)10-15-12)14(3)8-6-7-9-14/h12-13,15H,4-11H2,1-3H3. The van der Waals surface area contributed by atoms with Gasteiger partial charge in [-0.15, -0.1) is 0 Å². The highest BCUT2D eigenvalue weighted by molar-refractivity contribution is 4.98. The summed E-state index contributed by atoms with van der Waals surface area (Å²) in [6, 6.07) is 1.49. The average molecular weight is 224 g/mol. The van der Waals surface area contributed by atoms with E-state index in [1.165, 1.54) is 51.6 Å². The molecule has 1 heterocycles. The van der Waals surface area contributed by atoms with Crippen LogP contribution in [0.25, 0.3) is 0 Å². The second-order valence-electron chi connectivity index (χ2n) is 5.93. The van der Waals surface area contributed by atoms with Crippen molar-refractivity contribution in [2.24, 2.45) is 0 Å². The Morgan fingerprint density at radius 1 is 1.19 bits per heavy atom. The summed E-state index contributed by atoms with van der Waals surface area (Å²) in [6.45, 7) is 9.61. The maximum atomic E-state index is 3.70. The lowest BCUT2D eigenvalue weighted by Gasteiger charge is -2.49. The summed E-state index contributed by atoms with van der Waals surface area (Å²) >= 11 is 0. The monoisotopic (exact) mass is 224 g/mol. The number of rotatable bonds is 3. The minimum atomic E-state index is 0.510. The van der Waals surface area contributed by atoms with Gasteiger partial charge in [0.1, 0.15) is 0 Å². The quantitative estimate of drug-likeness (QED) is 0.793. The van der Waals surface area contributed by atoms with E-state index in [0.29, 0.717) is 5.54 Å². The Balaban J connectivity index is 2.07. The molecule has 0 aromatic carbocycles. The van der Waals surface area contributed by atoms with Crippen molar-refractivity contribution in [1.29, 1.82) is 0 Å². The van der Waals surface area contributed by atoms with Crippen LogP contribution in [-0.2, 0) is 0 Å². The fourth-order valence-corrected chi connectivity index (χ4v) is 3.59. The lowest BCUT2D eigenvalue weighted by Crippen LogP contribution is -2.62. The Bertz CT molecular complexity index is 221. The first kappa shape index (κ1) is 12.4. The van der Waals surface area contributed by atoms with Crippen LogP contribution in [0.4, 0.5) is 0 Å². The van der Waals surface area contributed by atoms with Crippen molar-refractivity contribution >= 4 is 0 Å². The van der Waals surface area contributed by atoms with Gasteiger partial charge < -0.3 is 5.32 Å². The van der Waals surface area contributed by atoms with Crippen LogP contribution < -0.4 is 5.32 Å². The largest absolute Gasteiger partial charge is 0.311 e. The Morgan fingerprint density at radius 3 is 2.44 bits per heavy atom. The van der Waals surface area contributed by atoms with Crippen LogP contribution in [0, 0.1) is 0 Å². The van der Waals surface area contributed by atoms with E-state index in [-0.39, 0.29) is 0 Å². The molecular formula is C14H28N2. The first-order chi connectivity index (χ1) is 7.69. The highest BCUT2D eigenvalue weighted by atomic mass is 15.3. The molecule has 2 nitrogen and oxygen atoms in total. The highest BCUT2D eigenvalue weighted by Gasteiger charge is 2.40. The molecule has 2 rings (SSSR count). The molecule has 1 saturated heterocycles. The molecule has 0 spiro atoms. The number of hydrogen-bond donors (Lipinski definition) is 1. The molecule has 0 bridgehead atoms. The SMILES string of the molecule is CCC1CN(C2(C)CCCC2)C(CC)CN1. The zero-order chi connectivity index (χ0) is 11.6. The van der Waals surface area contributed by atoms with Gasteiger partial charge in [-0.2, -0.15) is 0 Å². The Labute approximate surface area is 101 Å². The highest BCUT2D eigenvalue weighted by Crippen LogP contribution is 2.37. The van der Waals surface area contributed by atoms with Crippen LogP contribution in [0.3, 0.4) is 0 Å². The van der Waals surface area contributed by atoms with Gasteiger partial charge in [-0.05, 0) is 32.6 Å². The van der Waals surface area contributed by atoms with Gasteiger partial charge in [0.2, 0.25) is 0 Å². The molecule has 2 heteroatoms. The molecule has 1 aliphatic carbocycles. The summed E-state index contributed by atoms with van der Waals surface area (Å²) in [5, 5.41) is 3.70. The van der Waals surface area contributed by atoms with Crippen molar-refractivity contribution in [3.63, 3.8) is 0 Å². The minimum absolute atomic E-state index is 0.510. The van der Waals surface area contributed by atoms with Crippen LogP contribution in [0.15, 0.2) is 0 Å². The first-order valence-corrected chi connectivity index (χ1v) is 7.19. The molecule has 1 saturated carbocycles. The molecule has 16 heavy (non-hydrogen) atoms. The van der Waals surface area contributed by atoms with Gasteiger partial charge in [-0.3, -0.25) is 4.90 Å². The summed E-state index contributed by atoms with van der Waals surface area (Å²) in [6.07, 6.45) is 8.27. The molecule has 1 aliphatic heterocycles. The van der Waals surface area contributed by atoms with Crippen molar-refractivity contribution < 1.29 is 0 Å². The lowest BCUT2D eigenvalue weighted by atomic mass is 9.91. The number of piperazine rings is 1. The van der Waals surface area contributed by atoms with E-state index in [4.69, 9.17) is 0 Å². The van der Waals surface area contributed by atoms with Crippen LogP contribution in [-0.4, -0.2) is 35.6 Å². The Hall–Kier alpha value is -0.0800. The maximum absolute atomic E-state index is 3.70. The molecule has 94 valence electrons. The maximum Gasteiger partial charge on any atom is 0.0224 e. The van der Waals surface area contributed by atoms with E-state index in [1.54, 1.807) is 0 Å². The second-order valence-corrected chi connectivity index (χ2v) is 5.93. The topological polar surface area (TPSA) is 15.3 Å². The fourth-order valence-electron chi connectivity index (χ4n) is 3.59. The molecule has 2 atom stereocenters. The fraction of sp³-hybridized carbons (Fsp3) is 1.00. The van der Waals surface area contributed by atoms with Crippen molar-refractivity contribution in [3.8, 4) is 0 Å². The van der Waals surface area contributed by atoms with Crippen LogP contribution in [0.5, 0.6) is 0 Å². The summed E-state index contributed by atoms with van der Waals surface area (Å²) in [7, 11) is 0. The average Bonchev–Trinajstić information content (AvgIpc) is 2.76. The number of hydrogen-bond acceptors (Lipinski definition) is 2. The third-order valence-corrected chi connectivity index (χ3v) is 4.84. The van der Waals surface area contributed by atoms with Crippen molar-refractivity contribution in [2.75, 3.05) is 13.1 Å². The molecule has 2 unspecified atom stereocenters. The predicted molar refractivity (Wildman–Crippen MR) is 69.7 cm³/mol. The zero-order valence-corrected chi connectivity index (χ0v) is 11.3. The molecule has 2 fully saturated rings. The first-order valence-electron chi connectivity index (χ1n) is 7.19. The van der Waals surface area contributed by atoms with Gasteiger partial charge in [0, 0.05) is 30.7 Å². The molecule has 1 N–H and O–H groups in total. The third-order valence-electron chi connectivity index (χ3n) is 4.84. The van der Waals surface area contributed by atoms with Crippen molar-refractivity contribution in [3.05, 3.63) is 0 Å². The van der Waals surface area contributed by atoms with E-state index in [9.17, 15) is 0 Å². The van der Waals surface area contributed by atoms with E-state index in [2.05, 4.69) is 31.0 Å². The van der Waals surface area contributed by atoms with E-state index in [1.807, 2.05) is 0 Å². The number of nitrogens with zero attached hydrogens (tertiary/aromatic N) is 1. The molecule has 2 aliphatic rings. The van der Waals surface area contributed by atoms with Gasteiger partial charge in [-0.1, -0.05) is 26.7 Å². The molecule has 0 amide bonds. The van der Waals surface area contributed by atoms with Gasteiger partial charge >= 0.3 is 0 Å². The van der Waals surface area contributed by atoms with E-state index < -0.39 is 0 Å². The molecule has 0 aromatic rings. The summed E-state index contributed by atoms with van der Waals surface area (Å²) < 4.78 is 0. The van der Waals surface area contributed by atoms with Crippen LogP contribution in [0.2, 0.25) is 0 Å². The smallest absolute Gasteiger partial charge is 0.0224 e.